The summed E-state index contributed by atoms with van der Waals surface area (Å²) in [7, 11) is -33.6. The second kappa shape index (κ2) is 54.9. The Hall–Kier alpha value is -1.33. The van der Waals surface area contributed by atoms with Gasteiger partial charge in [0.25, 0.3) is 30.4 Å². The first-order chi connectivity index (χ1) is 55.3. The molecule has 13 saturated heterocycles. The Labute approximate surface area is 724 Å². The number of likely N-dealkylation sites (tertiary alicyclic amines) is 1. The standard InChI is InChI=1S/2C9H18N2O3S.C9H12O4S.C8H16N2O4S.C7H14N2O6S2.2C4H9NO3S.C4H8O3S.C3H7NO3S.C3H6O4S.Na/c12-15(13)6-3-10(4-7-15)8-11-2-1-5-14-9-11;12-15(13)7-6-14-9-11(15)8-10-4-2-1-3-5-10;10-14(11,12)7-6-13-8-9-4-2-1-3-5-9;11-15(12)5-3-10(8-14-15)6-9-2-1-4-13-7-9;10-16(11)3-1-14-6-8(16)5-9-7-15-2-4-17(9,12)13;1-5-4-8-2-3-9(5,6)7;1-4-5-9(6,7)3-2-8-4;5-8(6)3-1-7-2-4-8;5-8(6)2-1-4-3-7-8;4-8(5)2-1-6-3-7-8;/h2*1-9H2;1-5H,6-8H2,(H,10,11,12);1-8H2;1-7H2;2-4H2,1H3;4-5H,2-3H2,1H3;1-4H2;4H,1-3H2;1-3H2;/q;;;;;;;;;;+1/p-1. The Morgan fingerprint density at radius 1 is 0.420 bits per heavy atom. The number of ether oxygens (including phenoxy) is 10. The van der Waals surface area contributed by atoms with Crippen LogP contribution >= 0.6 is 0 Å². The third-order valence-corrected chi connectivity index (χ3v) is 33.0. The van der Waals surface area contributed by atoms with Gasteiger partial charge in [-0.3, -0.25) is 38.2 Å². The number of sulfone groups is 2. The van der Waals surface area contributed by atoms with Crippen LogP contribution in [0, 0.1) is 0 Å². The minimum atomic E-state index is -4.15. The number of benzene rings is 1. The van der Waals surface area contributed by atoms with E-state index in [-0.39, 0.29) is 174 Å². The second-order valence-corrected chi connectivity index (χ2v) is 49.0. The van der Waals surface area contributed by atoms with Gasteiger partial charge in [-0.2, -0.15) is 47.2 Å². The maximum atomic E-state index is 11.7. The van der Waals surface area contributed by atoms with Gasteiger partial charge in [-0.25, -0.2) is 71.5 Å². The summed E-state index contributed by atoms with van der Waals surface area (Å²) in [5.74, 6) is 0.774. The molecule has 119 heavy (non-hydrogen) atoms. The summed E-state index contributed by atoms with van der Waals surface area (Å²) in [6.07, 6.45) is 5.37. The van der Waals surface area contributed by atoms with Crippen molar-refractivity contribution in [1.82, 2.24) is 51.8 Å². The molecule has 1 aromatic rings. The maximum absolute atomic E-state index is 11.7. The molecule has 13 aliphatic rings. The van der Waals surface area contributed by atoms with Crippen molar-refractivity contribution in [3.05, 3.63) is 35.9 Å². The van der Waals surface area contributed by atoms with Crippen molar-refractivity contribution in [2.24, 2.45) is 0 Å². The van der Waals surface area contributed by atoms with Gasteiger partial charge in [-0.15, -0.1) is 0 Å². The molecule has 0 amide bonds. The van der Waals surface area contributed by atoms with Crippen molar-refractivity contribution in [2.45, 2.75) is 51.9 Å². The van der Waals surface area contributed by atoms with E-state index >= 15 is 0 Å². The quantitative estimate of drug-likeness (QED) is 0.0801. The predicted octanol–water partition coefficient (Wildman–Crippen LogP) is -9.25. The molecule has 13 fully saturated rings. The molecular formula is C60H116N11NaO36S11. The molecule has 0 radical (unpaired) electrons. The van der Waals surface area contributed by atoms with E-state index in [1.807, 2.05) is 35.2 Å². The molecule has 1 aromatic carbocycles. The first-order valence-corrected chi connectivity index (χ1v) is 55.4. The Morgan fingerprint density at radius 3 is 1.24 bits per heavy atom. The van der Waals surface area contributed by atoms with Gasteiger partial charge < -0.3 is 51.9 Å². The molecule has 0 aliphatic carbocycles. The average molecular weight is 1940 g/mol. The fourth-order valence-corrected chi connectivity index (χ4v) is 21.0. The fraction of sp³-hybridized carbons (Fsp3) is 0.900. The zero-order chi connectivity index (χ0) is 87.1. The molecule has 694 valence electrons. The van der Waals surface area contributed by atoms with Crippen molar-refractivity contribution in [3.8, 4) is 0 Å². The molecular weight excluding hydrogens is 1830 g/mol. The molecule has 1 atom stereocenters. The normalized spacial score (nSPS) is 26.9. The number of rotatable bonds is 13. The Bertz CT molecular complexity index is 4150. The van der Waals surface area contributed by atoms with Gasteiger partial charge in [0, 0.05) is 59.5 Å². The topological polar surface area (TPSA) is 572 Å². The van der Waals surface area contributed by atoms with Crippen LogP contribution in [-0.2, 0) is 177 Å². The van der Waals surface area contributed by atoms with Crippen LogP contribution in [0.15, 0.2) is 30.3 Å². The minimum absolute atomic E-state index is 0. The van der Waals surface area contributed by atoms with E-state index in [0.717, 1.165) is 79.7 Å². The Kier molecular flexibility index (Phi) is 50.7. The van der Waals surface area contributed by atoms with Gasteiger partial charge in [-0.1, -0.05) is 36.8 Å². The minimum Gasteiger partial charge on any atom is -0.748 e. The molecule has 2 N–H and O–H groups in total. The molecule has 13 heterocycles. The van der Waals surface area contributed by atoms with Crippen molar-refractivity contribution in [2.75, 3.05) is 294 Å². The van der Waals surface area contributed by atoms with Crippen LogP contribution in [0.2, 0.25) is 0 Å². The number of nitrogens with zero attached hydrogens (tertiary/aromatic N) is 9. The molecule has 1 unspecified atom stereocenters. The largest absolute Gasteiger partial charge is 1.00 e. The van der Waals surface area contributed by atoms with Crippen molar-refractivity contribution in [3.63, 3.8) is 0 Å². The summed E-state index contributed by atoms with van der Waals surface area (Å²) in [6.45, 7) is 15.8. The van der Waals surface area contributed by atoms with Gasteiger partial charge in [-0.05, 0) is 51.3 Å². The summed E-state index contributed by atoms with van der Waals surface area (Å²) < 4.78 is 321. The summed E-state index contributed by atoms with van der Waals surface area (Å²) in [5.41, 5.74) is 0.954. The number of hydrogen-bond donors (Lipinski definition) is 2. The zero-order valence-corrected chi connectivity index (χ0v) is 78.2. The van der Waals surface area contributed by atoms with Crippen LogP contribution in [0.1, 0.15) is 44.6 Å². The van der Waals surface area contributed by atoms with Crippen LogP contribution < -0.4 is 39.6 Å². The molecule has 47 nitrogen and oxygen atoms in total. The van der Waals surface area contributed by atoms with Crippen molar-refractivity contribution < 1.29 is 187 Å². The molecule has 13 aliphatic heterocycles. The molecule has 59 heteroatoms. The van der Waals surface area contributed by atoms with E-state index in [1.54, 1.807) is 6.92 Å². The monoisotopic (exact) mass is 1940 g/mol. The van der Waals surface area contributed by atoms with Crippen LogP contribution in [0.3, 0.4) is 0 Å². The molecule has 0 spiro atoms. The molecule has 0 aromatic heterocycles. The van der Waals surface area contributed by atoms with E-state index in [0.29, 0.717) is 97.5 Å². The third-order valence-electron chi connectivity index (χ3n) is 17.5. The number of hydrogen-bond acceptors (Lipinski definition) is 42. The van der Waals surface area contributed by atoms with E-state index in [1.165, 1.54) is 34.9 Å². The van der Waals surface area contributed by atoms with Crippen LogP contribution in [0.5, 0.6) is 0 Å². The van der Waals surface area contributed by atoms with Gasteiger partial charge in [0.15, 0.2) is 26.5 Å². The van der Waals surface area contributed by atoms with Gasteiger partial charge >= 0.3 is 29.6 Å². The maximum Gasteiger partial charge on any atom is 1.00 e. The van der Waals surface area contributed by atoms with Crippen LogP contribution in [0.25, 0.3) is 0 Å². The summed E-state index contributed by atoms with van der Waals surface area (Å²) in [6, 6.07) is 9.34. The van der Waals surface area contributed by atoms with Crippen molar-refractivity contribution in [1.29, 1.82) is 0 Å². The zero-order valence-electron chi connectivity index (χ0n) is 67.2. The van der Waals surface area contributed by atoms with Gasteiger partial charge in [0.05, 0.1) is 191 Å². The third kappa shape index (κ3) is 49.2. The summed E-state index contributed by atoms with van der Waals surface area (Å²) in [4.78, 5) is 10.7. The fourth-order valence-electron chi connectivity index (χ4n) is 10.7. The van der Waals surface area contributed by atoms with Crippen LogP contribution in [0.4, 0.5) is 0 Å². The Balaban J connectivity index is 0.000000281. The second-order valence-electron chi connectivity index (χ2n) is 27.3. The average Bonchev–Trinajstić information content (AvgIpc) is 0.810. The van der Waals surface area contributed by atoms with E-state index in [2.05, 4.69) is 42.7 Å². The van der Waals surface area contributed by atoms with Gasteiger partial charge in [0.2, 0.25) is 50.1 Å². The molecule has 0 saturated carbocycles. The first kappa shape index (κ1) is 110. The summed E-state index contributed by atoms with van der Waals surface area (Å²) in [5, 5.41) is 2.74. The van der Waals surface area contributed by atoms with Crippen LogP contribution in [-0.4, -0.2) is 439 Å². The van der Waals surface area contributed by atoms with E-state index in [9.17, 15) is 97.1 Å². The molecule has 0 bridgehead atoms. The molecule has 14 rings (SSSR count). The van der Waals surface area contributed by atoms with Crippen molar-refractivity contribution >= 4 is 110 Å². The number of sulfonamides is 5. The van der Waals surface area contributed by atoms with Gasteiger partial charge in [0.1, 0.15) is 46.6 Å². The SMILES string of the molecule is CC1NS(=O)(=O)CCO1.CN1COCCS1(=O)=O.O=S(=O)([O-])CCOCc1ccccc1.O=S1(=O)CCN(CN2CCCOC2)CC1.O=S1(=O)CCN(CN2CCCOC2)CO1.O=S1(=O)CCNCO1.O=S1(=O)CCOCC1.O=S1(=O)CCOCN1CN1CCCCC1.O=S1(=O)CCOCN1CN1COCCS1(=O)=O.O=S1(=O)CCOCO1.[Na+]. The number of piperidine rings is 1. The van der Waals surface area contributed by atoms with E-state index in [4.69, 9.17) is 46.8 Å². The summed E-state index contributed by atoms with van der Waals surface area (Å²) >= 11 is 0. The van der Waals surface area contributed by atoms with E-state index < -0.39 is 116 Å². The number of nitrogens with one attached hydrogen (secondary N) is 2. The Morgan fingerprint density at radius 2 is 0.866 bits per heavy atom. The first-order valence-electron chi connectivity index (χ1n) is 37.3. The smallest absolute Gasteiger partial charge is 0.748 e. The predicted molar refractivity (Wildman–Crippen MR) is 423 cm³/mol.